The van der Waals surface area contributed by atoms with Crippen LogP contribution in [0.5, 0.6) is 0 Å². The molecule has 0 rings (SSSR count). The number of carbonyl (C=O) groups excluding carboxylic acids is 3. The lowest BCUT2D eigenvalue weighted by molar-refractivity contribution is -0.166. The average molecular weight is 893 g/mol. The summed E-state index contributed by atoms with van der Waals surface area (Å²) < 4.78 is 16.8. The lowest BCUT2D eigenvalue weighted by Gasteiger charge is -2.18. The van der Waals surface area contributed by atoms with Crippen LogP contribution >= 0.6 is 0 Å². The zero-order valence-electron chi connectivity index (χ0n) is 42.0. The first-order chi connectivity index (χ1) is 31.5. The number of hydrogen-bond acceptors (Lipinski definition) is 6. The van der Waals surface area contributed by atoms with Crippen molar-refractivity contribution < 1.29 is 28.6 Å². The van der Waals surface area contributed by atoms with Crippen molar-refractivity contribution in [3.63, 3.8) is 0 Å². The van der Waals surface area contributed by atoms with E-state index < -0.39 is 6.10 Å². The van der Waals surface area contributed by atoms with E-state index in [0.29, 0.717) is 19.3 Å². The van der Waals surface area contributed by atoms with Crippen molar-refractivity contribution >= 4 is 17.9 Å². The molecule has 0 aliphatic carbocycles. The van der Waals surface area contributed by atoms with E-state index >= 15 is 0 Å². The van der Waals surface area contributed by atoms with Crippen LogP contribution in [0, 0.1) is 0 Å². The number of esters is 3. The van der Waals surface area contributed by atoms with Crippen LogP contribution < -0.4 is 0 Å². The van der Waals surface area contributed by atoms with Gasteiger partial charge in [-0.1, -0.05) is 235 Å². The van der Waals surface area contributed by atoms with Gasteiger partial charge in [0.1, 0.15) is 13.2 Å². The normalized spacial score (nSPS) is 12.6. The molecule has 1 unspecified atom stereocenters. The van der Waals surface area contributed by atoms with Gasteiger partial charge in [-0.15, -0.1) is 0 Å². The number of ether oxygens (including phenoxy) is 3. The summed E-state index contributed by atoms with van der Waals surface area (Å²) in [7, 11) is 0. The van der Waals surface area contributed by atoms with Crippen LogP contribution in [0.4, 0.5) is 0 Å². The zero-order valence-corrected chi connectivity index (χ0v) is 42.0. The van der Waals surface area contributed by atoms with Gasteiger partial charge in [0.2, 0.25) is 0 Å². The van der Waals surface area contributed by atoms with E-state index in [-0.39, 0.29) is 37.5 Å². The Bertz CT molecular complexity index is 1210. The molecule has 0 amide bonds. The summed E-state index contributed by atoms with van der Waals surface area (Å²) in [6.07, 6.45) is 66.1. The maximum Gasteiger partial charge on any atom is 0.306 e. The third-order valence-corrected chi connectivity index (χ3v) is 11.5. The summed E-state index contributed by atoms with van der Waals surface area (Å²) in [6.45, 7) is 6.46. The molecule has 0 bridgehead atoms. The Morgan fingerprint density at radius 2 is 0.641 bits per heavy atom. The van der Waals surface area contributed by atoms with Gasteiger partial charge in [0.05, 0.1) is 0 Å². The predicted molar refractivity (Wildman–Crippen MR) is 274 cm³/mol. The SMILES string of the molecule is CC/C=C/C/C=C/C/C=C/C/C=C/CCCCCCCCC(=O)OCC(COC(=O)CC/C=C/C/C=C/CCCCCCCC)OC(=O)CCCCCCCCCCCCCCCC. The smallest absolute Gasteiger partial charge is 0.306 e. The molecule has 0 N–H and O–H groups in total. The zero-order chi connectivity index (χ0) is 46.5. The van der Waals surface area contributed by atoms with Gasteiger partial charge in [0, 0.05) is 19.3 Å². The highest BCUT2D eigenvalue weighted by Crippen LogP contribution is 2.15. The quantitative estimate of drug-likeness (QED) is 0.0262. The standard InChI is InChI=1S/C58H100O6/c1-4-7-10-13-16-19-22-25-27-28-29-30-31-34-36-39-42-45-48-51-57(60)63-54-55(53-62-56(59)50-47-44-41-38-35-32-24-21-18-15-12-9-6-3)64-58(61)52-49-46-43-40-37-33-26-23-20-17-14-11-8-5-2/h7,10,16,19,25,27,29-30,32,35,41,44,55H,4-6,8-9,11-15,17-18,20-24,26,28,31,33-34,36-40,42-43,45-54H2,1-3H3/b10-7+,19-16+,27-25+,30-29+,35-32+,44-41+. The number of hydrogen-bond donors (Lipinski definition) is 0. The molecule has 6 heteroatoms. The molecule has 6 nitrogen and oxygen atoms in total. The van der Waals surface area contributed by atoms with Gasteiger partial charge in [0.25, 0.3) is 0 Å². The third kappa shape index (κ3) is 49.9. The minimum absolute atomic E-state index is 0.0983. The van der Waals surface area contributed by atoms with E-state index in [4.69, 9.17) is 14.2 Å². The van der Waals surface area contributed by atoms with Crippen LogP contribution in [0.15, 0.2) is 72.9 Å². The van der Waals surface area contributed by atoms with Gasteiger partial charge in [0.15, 0.2) is 6.10 Å². The highest BCUT2D eigenvalue weighted by Gasteiger charge is 2.19. The summed E-state index contributed by atoms with van der Waals surface area (Å²) >= 11 is 0. The van der Waals surface area contributed by atoms with Crippen molar-refractivity contribution in [2.45, 2.75) is 264 Å². The highest BCUT2D eigenvalue weighted by molar-refractivity contribution is 5.71. The molecule has 368 valence electrons. The molecule has 0 aliphatic heterocycles. The average Bonchev–Trinajstić information content (AvgIpc) is 3.29. The molecule has 0 aromatic heterocycles. The molecular weight excluding hydrogens is 793 g/mol. The second-order valence-electron chi connectivity index (χ2n) is 17.8. The monoisotopic (exact) mass is 893 g/mol. The minimum atomic E-state index is -0.801. The van der Waals surface area contributed by atoms with Gasteiger partial charge in [-0.05, 0) is 77.0 Å². The Morgan fingerprint density at radius 1 is 0.328 bits per heavy atom. The topological polar surface area (TPSA) is 78.9 Å². The number of unbranched alkanes of at least 4 members (excludes halogenated alkanes) is 25. The molecular formula is C58H100O6. The van der Waals surface area contributed by atoms with Crippen molar-refractivity contribution in [2.75, 3.05) is 13.2 Å². The Balaban J connectivity index is 4.43. The third-order valence-electron chi connectivity index (χ3n) is 11.5. The summed E-state index contributed by atoms with van der Waals surface area (Å²) in [5, 5.41) is 0. The van der Waals surface area contributed by atoms with E-state index in [1.807, 2.05) is 6.08 Å². The predicted octanol–water partition coefficient (Wildman–Crippen LogP) is 17.8. The van der Waals surface area contributed by atoms with Crippen LogP contribution in [0.3, 0.4) is 0 Å². The largest absolute Gasteiger partial charge is 0.462 e. The Labute approximate surface area is 395 Å². The van der Waals surface area contributed by atoms with Gasteiger partial charge >= 0.3 is 17.9 Å². The lowest BCUT2D eigenvalue weighted by atomic mass is 10.0. The fourth-order valence-corrected chi connectivity index (χ4v) is 7.43. The van der Waals surface area contributed by atoms with Crippen LogP contribution in [-0.2, 0) is 28.6 Å². The molecule has 0 aliphatic rings. The van der Waals surface area contributed by atoms with E-state index in [9.17, 15) is 14.4 Å². The van der Waals surface area contributed by atoms with Crippen molar-refractivity contribution in [1.82, 2.24) is 0 Å². The van der Waals surface area contributed by atoms with Crippen LogP contribution in [0.25, 0.3) is 0 Å². The highest BCUT2D eigenvalue weighted by atomic mass is 16.6. The van der Waals surface area contributed by atoms with Crippen molar-refractivity contribution in [3.05, 3.63) is 72.9 Å². The summed E-state index contributed by atoms with van der Waals surface area (Å²) in [6, 6.07) is 0. The first kappa shape index (κ1) is 60.9. The van der Waals surface area contributed by atoms with Crippen molar-refractivity contribution in [2.24, 2.45) is 0 Å². The first-order valence-electron chi connectivity index (χ1n) is 26.9. The maximum absolute atomic E-state index is 12.8. The molecule has 0 aromatic carbocycles. The van der Waals surface area contributed by atoms with Gasteiger partial charge in [-0.25, -0.2) is 0 Å². The lowest BCUT2D eigenvalue weighted by Crippen LogP contribution is -2.30. The van der Waals surface area contributed by atoms with Crippen LogP contribution in [0.2, 0.25) is 0 Å². The van der Waals surface area contributed by atoms with Crippen LogP contribution in [0.1, 0.15) is 258 Å². The fraction of sp³-hybridized carbons (Fsp3) is 0.741. The molecule has 0 saturated carbocycles. The molecule has 0 aromatic rings. The summed E-state index contributed by atoms with van der Waals surface area (Å²) in [4.78, 5) is 38.0. The van der Waals surface area contributed by atoms with Gasteiger partial charge in [-0.3, -0.25) is 14.4 Å². The Kier molecular flexibility index (Phi) is 49.9. The number of rotatable bonds is 48. The molecule has 0 fully saturated rings. The molecule has 1 atom stereocenters. The van der Waals surface area contributed by atoms with Gasteiger partial charge < -0.3 is 14.2 Å². The van der Waals surface area contributed by atoms with E-state index in [2.05, 4.69) is 87.6 Å². The summed E-state index contributed by atoms with van der Waals surface area (Å²) in [5.74, 6) is -0.976. The second kappa shape index (κ2) is 52.5. The maximum atomic E-state index is 12.8. The van der Waals surface area contributed by atoms with Crippen molar-refractivity contribution in [1.29, 1.82) is 0 Å². The van der Waals surface area contributed by atoms with Crippen LogP contribution in [-0.4, -0.2) is 37.2 Å². The molecule has 0 saturated heterocycles. The molecule has 0 heterocycles. The summed E-state index contributed by atoms with van der Waals surface area (Å²) in [5.41, 5.74) is 0. The first-order valence-corrected chi connectivity index (χ1v) is 26.9. The Morgan fingerprint density at radius 3 is 1.05 bits per heavy atom. The number of carbonyl (C=O) groups is 3. The fourth-order valence-electron chi connectivity index (χ4n) is 7.43. The minimum Gasteiger partial charge on any atom is -0.462 e. The van der Waals surface area contributed by atoms with Gasteiger partial charge in [-0.2, -0.15) is 0 Å². The number of allylic oxidation sites excluding steroid dienone is 12. The Hall–Kier alpha value is -3.15. The van der Waals surface area contributed by atoms with E-state index in [0.717, 1.165) is 89.9 Å². The second-order valence-corrected chi connectivity index (χ2v) is 17.8. The molecule has 0 spiro atoms. The van der Waals surface area contributed by atoms with Crippen molar-refractivity contribution in [3.8, 4) is 0 Å². The van der Waals surface area contributed by atoms with E-state index in [1.54, 1.807) is 0 Å². The molecule has 0 radical (unpaired) electrons. The van der Waals surface area contributed by atoms with E-state index in [1.165, 1.54) is 122 Å². The molecule has 64 heavy (non-hydrogen) atoms.